The maximum Gasteiger partial charge on any atom is 0.410 e. The van der Waals surface area contributed by atoms with Crippen molar-refractivity contribution in [3.8, 4) is 0 Å². The minimum atomic E-state index is -0.536. The van der Waals surface area contributed by atoms with Gasteiger partial charge < -0.3 is 14.7 Å². The zero-order valence-corrected chi connectivity index (χ0v) is 12.9. The molecule has 0 radical (unpaired) electrons. The molecule has 0 spiro atoms. The van der Waals surface area contributed by atoms with Gasteiger partial charge in [0.2, 0.25) is 0 Å². The summed E-state index contributed by atoms with van der Waals surface area (Å²) in [5.74, 6) is 0. The molecule has 0 atom stereocenters. The van der Waals surface area contributed by atoms with Gasteiger partial charge in [0, 0.05) is 13.1 Å². The smallest absolute Gasteiger partial charge is 0.410 e. The summed E-state index contributed by atoms with van der Waals surface area (Å²) in [6.07, 6.45) is 3.67. The van der Waals surface area contributed by atoms with E-state index >= 15 is 0 Å². The Kier molecular flexibility index (Phi) is 5.23. The summed E-state index contributed by atoms with van der Waals surface area (Å²) < 4.78 is 5.35. The minimum absolute atomic E-state index is 0.167. The van der Waals surface area contributed by atoms with Crippen LogP contribution in [0.4, 0.5) is 4.79 Å². The third-order valence-electron chi connectivity index (χ3n) is 4.58. The standard InChI is InChI=1S/C17H25NO3/c1-3-17(20)11-9-15(10-12-17)18(2)16(19)21-13-14-7-5-4-6-8-14/h4-8,15,20H,3,9-13H2,1-2H3. The molecule has 1 aliphatic carbocycles. The summed E-state index contributed by atoms with van der Waals surface area (Å²) >= 11 is 0. The summed E-state index contributed by atoms with van der Waals surface area (Å²) in [5.41, 5.74) is 0.453. The van der Waals surface area contributed by atoms with Crippen LogP contribution in [0.25, 0.3) is 0 Å². The number of carbonyl (C=O) groups is 1. The van der Waals surface area contributed by atoms with Crippen LogP contribution in [0.5, 0.6) is 0 Å². The average molecular weight is 291 g/mol. The fourth-order valence-electron chi connectivity index (χ4n) is 2.85. The molecule has 21 heavy (non-hydrogen) atoms. The maximum absolute atomic E-state index is 12.1. The van der Waals surface area contributed by atoms with Crippen molar-refractivity contribution in [2.45, 2.75) is 57.3 Å². The highest BCUT2D eigenvalue weighted by Gasteiger charge is 2.34. The molecule has 4 heteroatoms. The van der Waals surface area contributed by atoms with E-state index in [1.807, 2.05) is 37.3 Å². The fourth-order valence-corrected chi connectivity index (χ4v) is 2.85. The van der Waals surface area contributed by atoms with E-state index in [4.69, 9.17) is 4.74 Å². The van der Waals surface area contributed by atoms with E-state index in [9.17, 15) is 9.90 Å². The highest BCUT2D eigenvalue weighted by molar-refractivity contribution is 5.67. The normalized spacial score (nSPS) is 25.4. The largest absolute Gasteiger partial charge is 0.445 e. The van der Waals surface area contributed by atoms with Crippen LogP contribution < -0.4 is 0 Å². The first-order valence-corrected chi connectivity index (χ1v) is 7.70. The molecule has 1 aromatic carbocycles. The van der Waals surface area contributed by atoms with E-state index in [1.165, 1.54) is 0 Å². The number of carbonyl (C=O) groups excluding carboxylic acids is 1. The van der Waals surface area contributed by atoms with Crippen LogP contribution in [-0.4, -0.2) is 34.8 Å². The Morgan fingerprint density at radius 2 is 1.95 bits per heavy atom. The Morgan fingerprint density at radius 3 is 2.52 bits per heavy atom. The van der Waals surface area contributed by atoms with Crippen molar-refractivity contribution in [3.05, 3.63) is 35.9 Å². The number of rotatable bonds is 4. The number of hydrogen-bond acceptors (Lipinski definition) is 3. The third-order valence-corrected chi connectivity index (χ3v) is 4.58. The molecule has 0 aromatic heterocycles. The highest BCUT2D eigenvalue weighted by atomic mass is 16.6. The predicted octanol–water partition coefficient (Wildman–Crippen LogP) is 3.34. The SMILES string of the molecule is CCC1(O)CCC(N(C)C(=O)OCc2ccccc2)CC1. The molecule has 4 nitrogen and oxygen atoms in total. The number of amides is 1. The molecule has 1 aromatic rings. The number of ether oxygens (including phenoxy) is 1. The molecule has 116 valence electrons. The van der Waals surface area contributed by atoms with E-state index in [0.29, 0.717) is 6.61 Å². The zero-order chi connectivity index (χ0) is 15.3. The average Bonchev–Trinajstić information content (AvgIpc) is 2.53. The second-order valence-corrected chi connectivity index (χ2v) is 5.96. The summed E-state index contributed by atoms with van der Waals surface area (Å²) in [6.45, 7) is 2.31. The molecular weight excluding hydrogens is 266 g/mol. The van der Waals surface area contributed by atoms with Crippen LogP contribution in [-0.2, 0) is 11.3 Å². The first-order chi connectivity index (χ1) is 10.0. The second kappa shape index (κ2) is 6.94. The Hall–Kier alpha value is -1.55. The molecule has 2 rings (SSSR count). The molecule has 0 saturated heterocycles. The van der Waals surface area contributed by atoms with Crippen LogP contribution in [0.3, 0.4) is 0 Å². The molecular formula is C17H25NO3. The third kappa shape index (κ3) is 4.21. The Bertz CT molecular complexity index is 452. The predicted molar refractivity (Wildman–Crippen MR) is 81.9 cm³/mol. The van der Waals surface area contributed by atoms with Crippen LogP contribution in [0.2, 0.25) is 0 Å². The quantitative estimate of drug-likeness (QED) is 0.925. The van der Waals surface area contributed by atoms with Crippen molar-refractivity contribution in [1.82, 2.24) is 4.90 Å². The number of aliphatic hydroxyl groups is 1. The lowest BCUT2D eigenvalue weighted by molar-refractivity contribution is -0.0203. The molecule has 0 bridgehead atoms. The van der Waals surface area contributed by atoms with Gasteiger partial charge in [-0.2, -0.15) is 0 Å². The van der Waals surface area contributed by atoms with E-state index in [0.717, 1.165) is 37.7 Å². The van der Waals surface area contributed by atoms with Gasteiger partial charge in [-0.05, 0) is 37.7 Å². The van der Waals surface area contributed by atoms with Crippen molar-refractivity contribution in [2.75, 3.05) is 7.05 Å². The Balaban J connectivity index is 1.80. The first-order valence-electron chi connectivity index (χ1n) is 7.70. The van der Waals surface area contributed by atoms with Gasteiger partial charge in [0.05, 0.1) is 5.60 Å². The van der Waals surface area contributed by atoms with Gasteiger partial charge in [-0.1, -0.05) is 37.3 Å². The fraction of sp³-hybridized carbons (Fsp3) is 0.588. The van der Waals surface area contributed by atoms with Crippen LogP contribution in [0.1, 0.15) is 44.6 Å². The Labute approximate surface area is 126 Å². The zero-order valence-electron chi connectivity index (χ0n) is 12.9. The molecule has 0 unspecified atom stereocenters. The highest BCUT2D eigenvalue weighted by Crippen LogP contribution is 2.32. The van der Waals surface area contributed by atoms with Crippen molar-refractivity contribution in [1.29, 1.82) is 0 Å². The molecule has 1 aliphatic rings. The van der Waals surface area contributed by atoms with Gasteiger partial charge in [0.15, 0.2) is 0 Å². The topological polar surface area (TPSA) is 49.8 Å². The molecule has 1 saturated carbocycles. The van der Waals surface area contributed by atoms with Gasteiger partial charge in [0.25, 0.3) is 0 Å². The van der Waals surface area contributed by atoms with Crippen LogP contribution >= 0.6 is 0 Å². The van der Waals surface area contributed by atoms with Crippen LogP contribution in [0, 0.1) is 0 Å². The maximum atomic E-state index is 12.1. The minimum Gasteiger partial charge on any atom is -0.445 e. The summed E-state index contributed by atoms with van der Waals surface area (Å²) in [7, 11) is 1.79. The van der Waals surface area contributed by atoms with Crippen LogP contribution in [0.15, 0.2) is 30.3 Å². The summed E-state index contributed by atoms with van der Waals surface area (Å²) in [4.78, 5) is 13.8. The van der Waals surface area contributed by atoms with E-state index in [2.05, 4.69) is 0 Å². The van der Waals surface area contributed by atoms with Gasteiger partial charge in [-0.25, -0.2) is 4.79 Å². The molecule has 1 fully saturated rings. The Morgan fingerprint density at radius 1 is 1.33 bits per heavy atom. The lowest BCUT2D eigenvalue weighted by Gasteiger charge is -2.38. The number of benzene rings is 1. The van der Waals surface area contributed by atoms with Crippen molar-refractivity contribution >= 4 is 6.09 Å². The lowest BCUT2D eigenvalue weighted by atomic mass is 9.80. The van der Waals surface area contributed by atoms with Gasteiger partial charge in [0.1, 0.15) is 6.61 Å². The second-order valence-electron chi connectivity index (χ2n) is 5.96. The molecule has 0 heterocycles. The van der Waals surface area contributed by atoms with E-state index < -0.39 is 5.60 Å². The van der Waals surface area contributed by atoms with Gasteiger partial charge >= 0.3 is 6.09 Å². The molecule has 1 amide bonds. The van der Waals surface area contributed by atoms with Crippen molar-refractivity contribution in [2.24, 2.45) is 0 Å². The molecule has 1 N–H and O–H groups in total. The monoisotopic (exact) mass is 291 g/mol. The first kappa shape index (κ1) is 15.8. The molecule has 0 aliphatic heterocycles. The number of nitrogens with zero attached hydrogens (tertiary/aromatic N) is 1. The van der Waals surface area contributed by atoms with Crippen molar-refractivity contribution in [3.63, 3.8) is 0 Å². The van der Waals surface area contributed by atoms with Gasteiger partial charge in [-0.15, -0.1) is 0 Å². The van der Waals surface area contributed by atoms with Gasteiger partial charge in [-0.3, -0.25) is 0 Å². The summed E-state index contributed by atoms with van der Waals surface area (Å²) in [5, 5.41) is 10.2. The van der Waals surface area contributed by atoms with E-state index in [1.54, 1.807) is 11.9 Å². The summed E-state index contributed by atoms with van der Waals surface area (Å²) in [6, 6.07) is 9.85. The number of hydrogen-bond donors (Lipinski definition) is 1. The van der Waals surface area contributed by atoms with E-state index in [-0.39, 0.29) is 12.1 Å². The lowest BCUT2D eigenvalue weighted by Crippen LogP contribution is -2.44. The van der Waals surface area contributed by atoms with Crippen molar-refractivity contribution < 1.29 is 14.6 Å².